The van der Waals surface area contributed by atoms with Crippen LogP contribution in [0, 0.1) is 12.8 Å². The Morgan fingerprint density at radius 3 is 2.86 bits per heavy atom. The standard InChI is InChI=1S/C19H27N5O3.ClH/c1-11(2)15-9-14(16-12(3)23-27-18(16)22-15)19(26)24-8-4-5-13(10-24)17(25)21-7-6-20;/h9,11,13H,4-8,10,20H2,1-3H3,(H,21,25);1H. The summed E-state index contributed by atoms with van der Waals surface area (Å²) in [5.74, 6) is -0.198. The van der Waals surface area contributed by atoms with Crippen LogP contribution in [0.1, 0.15) is 54.4 Å². The molecule has 3 rings (SSSR count). The first-order valence-corrected chi connectivity index (χ1v) is 9.46. The molecule has 2 amide bonds. The summed E-state index contributed by atoms with van der Waals surface area (Å²) >= 11 is 0. The zero-order chi connectivity index (χ0) is 19.6. The number of piperidine rings is 1. The Labute approximate surface area is 170 Å². The Bertz CT molecular complexity index is 851. The van der Waals surface area contributed by atoms with E-state index in [2.05, 4.69) is 15.5 Å². The van der Waals surface area contributed by atoms with Crippen molar-refractivity contribution < 1.29 is 14.1 Å². The third-order valence-corrected chi connectivity index (χ3v) is 4.98. The number of likely N-dealkylation sites (tertiary alicyclic amines) is 1. The quantitative estimate of drug-likeness (QED) is 0.780. The first-order valence-electron chi connectivity index (χ1n) is 9.46. The molecule has 1 fully saturated rings. The molecule has 2 aromatic heterocycles. The van der Waals surface area contributed by atoms with Crippen molar-refractivity contribution >= 4 is 35.3 Å². The zero-order valence-electron chi connectivity index (χ0n) is 16.5. The van der Waals surface area contributed by atoms with E-state index in [0.717, 1.165) is 18.5 Å². The summed E-state index contributed by atoms with van der Waals surface area (Å²) < 4.78 is 5.31. The van der Waals surface area contributed by atoms with Crippen LogP contribution in [-0.2, 0) is 4.79 Å². The minimum absolute atomic E-state index is 0. The smallest absolute Gasteiger partial charge is 0.259 e. The third-order valence-electron chi connectivity index (χ3n) is 4.98. The van der Waals surface area contributed by atoms with E-state index < -0.39 is 0 Å². The van der Waals surface area contributed by atoms with E-state index in [0.29, 0.717) is 48.5 Å². The molecule has 1 atom stereocenters. The summed E-state index contributed by atoms with van der Waals surface area (Å²) in [6, 6.07) is 1.83. The molecule has 0 aliphatic carbocycles. The maximum Gasteiger partial charge on any atom is 0.259 e. The lowest BCUT2D eigenvalue weighted by Gasteiger charge is -2.32. The van der Waals surface area contributed by atoms with Crippen LogP contribution in [-0.4, -0.2) is 53.0 Å². The van der Waals surface area contributed by atoms with Gasteiger partial charge in [-0.3, -0.25) is 9.59 Å². The Hall–Kier alpha value is -2.19. The topological polar surface area (TPSA) is 114 Å². The Kier molecular flexibility index (Phi) is 7.37. The lowest BCUT2D eigenvalue weighted by Crippen LogP contribution is -2.46. The fourth-order valence-corrected chi connectivity index (χ4v) is 3.46. The summed E-state index contributed by atoms with van der Waals surface area (Å²) in [6.45, 7) is 7.73. The summed E-state index contributed by atoms with van der Waals surface area (Å²) in [4.78, 5) is 31.8. The molecule has 1 aliphatic heterocycles. The average molecular weight is 410 g/mol. The van der Waals surface area contributed by atoms with Crippen molar-refractivity contribution in [2.24, 2.45) is 11.7 Å². The Morgan fingerprint density at radius 2 is 2.18 bits per heavy atom. The van der Waals surface area contributed by atoms with Crippen molar-refractivity contribution in [3.63, 3.8) is 0 Å². The van der Waals surface area contributed by atoms with Gasteiger partial charge < -0.3 is 20.5 Å². The van der Waals surface area contributed by atoms with E-state index in [1.54, 1.807) is 11.8 Å². The maximum absolute atomic E-state index is 13.3. The molecule has 0 saturated carbocycles. The number of nitrogens with two attached hydrogens (primary N) is 1. The fraction of sp³-hybridized carbons (Fsp3) is 0.579. The average Bonchev–Trinajstić information content (AvgIpc) is 3.05. The van der Waals surface area contributed by atoms with Crippen LogP contribution in [0.4, 0.5) is 0 Å². The van der Waals surface area contributed by atoms with E-state index in [4.69, 9.17) is 10.3 Å². The first-order chi connectivity index (χ1) is 12.9. The van der Waals surface area contributed by atoms with Gasteiger partial charge in [-0.2, -0.15) is 0 Å². The van der Waals surface area contributed by atoms with E-state index in [-0.39, 0.29) is 36.1 Å². The first kappa shape index (κ1) is 22.1. The van der Waals surface area contributed by atoms with Gasteiger partial charge in [0.25, 0.3) is 11.6 Å². The lowest BCUT2D eigenvalue weighted by molar-refractivity contribution is -0.126. The summed E-state index contributed by atoms with van der Waals surface area (Å²) in [5.41, 5.74) is 7.82. The Balaban J connectivity index is 0.00000280. The SMILES string of the molecule is Cc1noc2nc(C(C)C)cc(C(=O)N3CCCC(C(=O)NCCN)C3)c12.Cl. The number of nitrogens with zero attached hydrogens (tertiary/aromatic N) is 3. The minimum atomic E-state index is -0.209. The highest BCUT2D eigenvalue weighted by Gasteiger charge is 2.30. The number of hydrogen-bond acceptors (Lipinski definition) is 6. The molecule has 2 aromatic rings. The predicted molar refractivity (Wildman–Crippen MR) is 109 cm³/mol. The van der Waals surface area contributed by atoms with E-state index >= 15 is 0 Å². The number of nitrogens with one attached hydrogen (secondary N) is 1. The van der Waals surface area contributed by atoms with Gasteiger partial charge in [0.2, 0.25) is 5.91 Å². The third kappa shape index (κ3) is 4.44. The highest BCUT2D eigenvalue weighted by molar-refractivity contribution is 6.06. The molecular formula is C19H28ClN5O3. The van der Waals surface area contributed by atoms with Crippen molar-refractivity contribution in [3.8, 4) is 0 Å². The number of halogens is 1. The van der Waals surface area contributed by atoms with E-state index in [1.165, 1.54) is 0 Å². The highest BCUT2D eigenvalue weighted by Crippen LogP contribution is 2.27. The number of fused-ring (bicyclic) bond motifs is 1. The van der Waals surface area contributed by atoms with Crippen LogP contribution in [0.5, 0.6) is 0 Å². The number of carbonyl (C=O) groups excluding carboxylic acids is 2. The summed E-state index contributed by atoms with van der Waals surface area (Å²) in [5, 5.41) is 7.45. The van der Waals surface area contributed by atoms with Gasteiger partial charge in [-0.15, -0.1) is 12.4 Å². The largest absolute Gasteiger partial charge is 0.355 e. The summed E-state index contributed by atoms with van der Waals surface area (Å²) in [6.07, 6.45) is 1.57. The molecule has 1 aliphatic rings. The molecule has 0 spiro atoms. The Morgan fingerprint density at radius 1 is 1.43 bits per heavy atom. The summed E-state index contributed by atoms with van der Waals surface area (Å²) in [7, 11) is 0. The molecule has 3 heterocycles. The molecule has 0 bridgehead atoms. The molecule has 3 N–H and O–H groups in total. The van der Waals surface area contributed by atoms with Gasteiger partial charge in [0.1, 0.15) is 0 Å². The lowest BCUT2D eigenvalue weighted by atomic mass is 9.95. The van der Waals surface area contributed by atoms with Gasteiger partial charge in [0.15, 0.2) is 0 Å². The number of carbonyl (C=O) groups is 2. The van der Waals surface area contributed by atoms with Crippen LogP contribution in [0.15, 0.2) is 10.6 Å². The molecule has 28 heavy (non-hydrogen) atoms. The fourth-order valence-electron chi connectivity index (χ4n) is 3.46. The number of hydrogen-bond donors (Lipinski definition) is 2. The molecular weight excluding hydrogens is 382 g/mol. The van der Waals surface area contributed by atoms with Crippen molar-refractivity contribution in [1.82, 2.24) is 20.4 Å². The second-order valence-electron chi connectivity index (χ2n) is 7.37. The van der Waals surface area contributed by atoms with Crippen LogP contribution >= 0.6 is 12.4 Å². The number of aromatic nitrogens is 2. The normalized spacial score (nSPS) is 16.9. The highest BCUT2D eigenvalue weighted by atomic mass is 35.5. The minimum Gasteiger partial charge on any atom is -0.355 e. The maximum atomic E-state index is 13.3. The van der Waals surface area contributed by atoms with Crippen molar-refractivity contribution in [2.45, 2.75) is 39.5 Å². The second kappa shape index (κ2) is 9.34. The molecule has 8 nitrogen and oxygen atoms in total. The molecule has 154 valence electrons. The van der Waals surface area contributed by atoms with Crippen LogP contribution in [0.2, 0.25) is 0 Å². The van der Waals surface area contributed by atoms with Crippen molar-refractivity contribution in [1.29, 1.82) is 0 Å². The van der Waals surface area contributed by atoms with Crippen LogP contribution < -0.4 is 11.1 Å². The predicted octanol–water partition coefficient (Wildman–Crippen LogP) is 2.00. The molecule has 0 aromatic carbocycles. The van der Waals surface area contributed by atoms with Crippen LogP contribution in [0.25, 0.3) is 11.1 Å². The number of aryl methyl sites for hydroxylation is 1. The van der Waals surface area contributed by atoms with E-state index in [9.17, 15) is 9.59 Å². The van der Waals surface area contributed by atoms with Gasteiger partial charge in [-0.1, -0.05) is 19.0 Å². The molecule has 1 saturated heterocycles. The van der Waals surface area contributed by atoms with Gasteiger partial charge in [0, 0.05) is 31.9 Å². The monoisotopic (exact) mass is 409 g/mol. The van der Waals surface area contributed by atoms with Gasteiger partial charge in [-0.25, -0.2) is 4.98 Å². The molecule has 1 unspecified atom stereocenters. The number of rotatable bonds is 5. The molecule has 9 heteroatoms. The van der Waals surface area contributed by atoms with E-state index in [1.807, 2.05) is 19.9 Å². The van der Waals surface area contributed by atoms with Crippen molar-refractivity contribution in [3.05, 3.63) is 23.0 Å². The number of pyridine rings is 1. The van der Waals surface area contributed by atoms with Gasteiger partial charge >= 0.3 is 0 Å². The zero-order valence-corrected chi connectivity index (χ0v) is 17.3. The molecule has 0 radical (unpaired) electrons. The van der Waals surface area contributed by atoms with Gasteiger partial charge in [-0.05, 0) is 31.7 Å². The number of amides is 2. The van der Waals surface area contributed by atoms with Gasteiger partial charge in [0.05, 0.1) is 22.6 Å². The second-order valence-corrected chi connectivity index (χ2v) is 7.37. The van der Waals surface area contributed by atoms with Crippen LogP contribution in [0.3, 0.4) is 0 Å². The van der Waals surface area contributed by atoms with Crippen molar-refractivity contribution in [2.75, 3.05) is 26.2 Å².